The number of hydrogen-bond donors (Lipinski definition) is 2. The number of carbonyl (C=O) groups excluding carboxylic acids is 3. The quantitative estimate of drug-likeness (QED) is 0.434. The number of nitrogens with one attached hydrogen (secondary N) is 2. The molecule has 0 bridgehead atoms. The Kier molecular flexibility index (Phi) is 8.49. The first kappa shape index (κ1) is 25.9. The summed E-state index contributed by atoms with van der Waals surface area (Å²) in [5.41, 5.74) is 2.41. The summed E-state index contributed by atoms with van der Waals surface area (Å²) in [5.74, 6) is -0.552. The summed E-state index contributed by atoms with van der Waals surface area (Å²) in [7, 11) is 0. The number of benzene rings is 1. The lowest BCUT2D eigenvalue weighted by atomic mass is 9.52. The normalized spacial score (nSPS) is 21.4. The first-order chi connectivity index (χ1) is 14.9. The lowest BCUT2D eigenvalue weighted by Crippen LogP contribution is -2.51. The Morgan fingerprint density at radius 1 is 1.09 bits per heavy atom. The largest absolute Gasteiger partial charge is 0.466 e. The van der Waals surface area contributed by atoms with E-state index in [2.05, 4.69) is 52.2 Å². The Morgan fingerprint density at radius 3 is 2.16 bits per heavy atom. The topological polar surface area (TPSA) is 84.5 Å². The molecule has 6 heteroatoms. The van der Waals surface area contributed by atoms with Crippen LogP contribution in [0.4, 0.5) is 0 Å². The SMILES string of the molecule is CCOC(=O)CC(=O)NC(CNC(=O)C1CC(C)(C(C)(C)C)C1)c1ccc(C(C)C)cc1. The molecule has 2 rings (SSSR count). The number of esters is 1. The summed E-state index contributed by atoms with van der Waals surface area (Å²) >= 11 is 0. The van der Waals surface area contributed by atoms with Gasteiger partial charge in [0.05, 0.1) is 12.6 Å². The van der Waals surface area contributed by atoms with Crippen LogP contribution in [0.15, 0.2) is 24.3 Å². The minimum absolute atomic E-state index is 0.00146. The molecule has 32 heavy (non-hydrogen) atoms. The van der Waals surface area contributed by atoms with Crippen LogP contribution in [0.2, 0.25) is 0 Å². The van der Waals surface area contributed by atoms with Crippen LogP contribution in [0.1, 0.15) is 90.8 Å². The molecule has 1 aromatic rings. The zero-order valence-corrected chi connectivity index (χ0v) is 20.7. The van der Waals surface area contributed by atoms with Crippen molar-refractivity contribution in [2.24, 2.45) is 16.7 Å². The Balaban J connectivity index is 2.03. The van der Waals surface area contributed by atoms with Crippen LogP contribution >= 0.6 is 0 Å². The van der Waals surface area contributed by atoms with E-state index in [9.17, 15) is 14.4 Å². The number of rotatable bonds is 9. The van der Waals surface area contributed by atoms with Crippen LogP contribution in [-0.4, -0.2) is 30.9 Å². The molecule has 1 atom stereocenters. The van der Waals surface area contributed by atoms with Crippen LogP contribution in [0.3, 0.4) is 0 Å². The second-order valence-corrected chi connectivity index (χ2v) is 10.6. The van der Waals surface area contributed by atoms with Crippen molar-refractivity contribution in [1.29, 1.82) is 0 Å². The zero-order chi connectivity index (χ0) is 24.1. The maximum absolute atomic E-state index is 12.8. The van der Waals surface area contributed by atoms with Crippen molar-refractivity contribution in [1.82, 2.24) is 10.6 Å². The van der Waals surface area contributed by atoms with E-state index in [0.29, 0.717) is 5.92 Å². The summed E-state index contributed by atoms with van der Waals surface area (Å²) in [5, 5.41) is 5.91. The molecule has 0 aromatic heterocycles. The molecule has 1 aliphatic carbocycles. The minimum atomic E-state index is -0.557. The molecule has 1 unspecified atom stereocenters. The van der Waals surface area contributed by atoms with Gasteiger partial charge in [0, 0.05) is 12.5 Å². The molecule has 0 aliphatic heterocycles. The number of amides is 2. The van der Waals surface area contributed by atoms with Gasteiger partial charge in [-0.1, -0.05) is 65.8 Å². The highest BCUT2D eigenvalue weighted by molar-refractivity contribution is 5.94. The highest BCUT2D eigenvalue weighted by atomic mass is 16.5. The molecule has 2 amide bonds. The van der Waals surface area contributed by atoms with Gasteiger partial charge in [0.15, 0.2) is 0 Å². The maximum Gasteiger partial charge on any atom is 0.315 e. The highest BCUT2D eigenvalue weighted by Gasteiger charge is 2.50. The molecular formula is C26H40N2O4. The zero-order valence-electron chi connectivity index (χ0n) is 20.7. The van der Waals surface area contributed by atoms with E-state index in [4.69, 9.17) is 4.74 Å². The third kappa shape index (κ3) is 6.57. The fourth-order valence-electron chi connectivity index (χ4n) is 4.13. The van der Waals surface area contributed by atoms with Gasteiger partial charge in [-0.2, -0.15) is 0 Å². The van der Waals surface area contributed by atoms with Crippen molar-refractivity contribution in [2.45, 2.75) is 79.7 Å². The Hall–Kier alpha value is -2.37. The summed E-state index contributed by atoms with van der Waals surface area (Å²) < 4.78 is 4.87. The van der Waals surface area contributed by atoms with E-state index < -0.39 is 17.9 Å². The van der Waals surface area contributed by atoms with Crippen molar-refractivity contribution in [3.63, 3.8) is 0 Å². The van der Waals surface area contributed by atoms with Crippen molar-refractivity contribution in [3.05, 3.63) is 35.4 Å². The van der Waals surface area contributed by atoms with Crippen LogP contribution < -0.4 is 10.6 Å². The fourth-order valence-corrected chi connectivity index (χ4v) is 4.13. The first-order valence-corrected chi connectivity index (χ1v) is 11.7. The predicted octanol–water partition coefficient (Wildman–Crippen LogP) is 4.50. The van der Waals surface area contributed by atoms with E-state index >= 15 is 0 Å². The molecule has 1 aliphatic rings. The van der Waals surface area contributed by atoms with Gasteiger partial charge in [0.2, 0.25) is 11.8 Å². The van der Waals surface area contributed by atoms with Gasteiger partial charge in [-0.15, -0.1) is 0 Å². The third-order valence-corrected chi connectivity index (χ3v) is 7.01. The minimum Gasteiger partial charge on any atom is -0.466 e. The summed E-state index contributed by atoms with van der Waals surface area (Å²) in [6.07, 6.45) is 1.39. The van der Waals surface area contributed by atoms with Crippen molar-refractivity contribution in [2.75, 3.05) is 13.2 Å². The van der Waals surface area contributed by atoms with E-state index in [1.165, 1.54) is 5.56 Å². The first-order valence-electron chi connectivity index (χ1n) is 11.7. The van der Waals surface area contributed by atoms with Gasteiger partial charge in [-0.3, -0.25) is 14.4 Å². The second kappa shape index (κ2) is 10.5. The van der Waals surface area contributed by atoms with Gasteiger partial charge in [0.1, 0.15) is 6.42 Å². The summed E-state index contributed by atoms with van der Waals surface area (Å²) in [4.78, 5) is 36.9. The van der Waals surface area contributed by atoms with Crippen LogP contribution in [0, 0.1) is 16.7 Å². The maximum atomic E-state index is 12.8. The second-order valence-electron chi connectivity index (χ2n) is 10.6. The monoisotopic (exact) mass is 444 g/mol. The van der Waals surface area contributed by atoms with Crippen molar-refractivity contribution < 1.29 is 19.1 Å². The summed E-state index contributed by atoms with van der Waals surface area (Å²) in [6.45, 7) is 15.4. The molecule has 1 aromatic carbocycles. The van der Waals surface area contributed by atoms with Gasteiger partial charge < -0.3 is 15.4 Å². The third-order valence-electron chi connectivity index (χ3n) is 7.01. The summed E-state index contributed by atoms with van der Waals surface area (Å²) in [6, 6.07) is 7.59. The van der Waals surface area contributed by atoms with Gasteiger partial charge in [0.25, 0.3) is 0 Å². The molecule has 0 heterocycles. The molecule has 1 saturated carbocycles. The van der Waals surface area contributed by atoms with Crippen molar-refractivity contribution in [3.8, 4) is 0 Å². The lowest BCUT2D eigenvalue weighted by molar-refractivity contribution is -0.146. The van der Waals surface area contributed by atoms with E-state index in [1.807, 2.05) is 24.3 Å². The standard InChI is InChI=1S/C26H40N2O4/c1-8-32-23(30)13-22(29)28-21(19-11-9-18(10-12-19)17(2)3)16-27-24(31)20-14-26(7,15-20)25(4,5)6/h9-12,17,20-21H,8,13-16H2,1-7H3,(H,27,31)(H,28,29). The number of carbonyl (C=O) groups is 3. The predicted molar refractivity (Wildman–Crippen MR) is 126 cm³/mol. The van der Waals surface area contributed by atoms with E-state index in [-0.39, 0.29) is 42.2 Å². The van der Waals surface area contributed by atoms with E-state index in [0.717, 1.165) is 18.4 Å². The van der Waals surface area contributed by atoms with Crippen LogP contribution in [0.5, 0.6) is 0 Å². The fraction of sp³-hybridized carbons (Fsp3) is 0.654. The van der Waals surface area contributed by atoms with Crippen LogP contribution in [0.25, 0.3) is 0 Å². The highest BCUT2D eigenvalue weighted by Crippen LogP contribution is 2.56. The molecule has 1 fully saturated rings. The van der Waals surface area contributed by atoms with Crippen molar-refractivity contribution >= 4 is 17.8 Å². The molecular weight excluding hydrogens is 404 g/mol. The Bertz CT molecular complexity index is 802. The Labute approximate surface area is 192 Å². The molecule has 2 N–H and O–H groups in total. The lowest BCUT2D eigenvalue weighted by Gasteiger charge is -2.53. The average molecular weight is 445 g/mol. The van der Waals surface area contributed by atoms with Gasteiger partial charge >= 0.3 is 5.97 Å². The molecule has 0 spiro atoms. The smallest absolute Gasteiger partial charge is 0.315 e. The number of ether oxygens (including phenoxy) is 1. The number of hydrogen-bond acceptors (Lipinski definition) is 4. The molecule has 0 radical (unpaired) electrons. The van der Waals surface area contributed by atoms with Gasteiger partial charge in [-0.05, 0) is 47.6 Å². The Morgan fingerprint density at radius 2 is 1.66 bits per heavy atom. The van der Waals surface area contributed by atoms with E-state index in [1.54, 1.807) is 6.92 Å². The molecule has 6 nitrogen and oxygen atoms in total. The average Bonchev–Trinajstić information content (AvgIpc) is 2.67. The molecule has 178 valence electrons. The van der Waals surface area contributed by atoms with Crippen LogP contribution in [-0.2, 0) is 19.1 Å². The molecule has 0 saturated heterocycles. The van der Waals surface area contributed by atoms with Gasteiger partial charge in [-0.25, -0.2) is 0 Å².